The van der Waals surface area contributed by atoms with Gasteiger partial charge < -0.3 is 0 Å². The zero-order chi connectivity index (χ0) is 14.2. The Morgan fingerprint density at radius 2 is 1.35 bits per heavy atom. The van der Waals surface area contributed by atoms with Crippen LogP contribution in [0.1, 0.15) is 32.7 Å². The maximum Gasteiger partial charge on any atom is 0.182 e. The molecule has 0 amide bonds. The Balaban J connectivity index is 2.28. The summed E-state index contributed by atoms with van der Waals surface area (Å²) in [5.74, 6) is 2.12. The minimum absolute atomic E-state index is 0.0867. The molecule has 0 unspecified atom stereocenters. The van der Waals surface area contributed by atoms with Gasteiger partial charge in [-0.25, -0.2) is 0 Å². The van der Waals surface area contributed by atoms with Crippen LogP contribution in [0.25, 0.3) is 0 Å². The zero-order valence-corrected chi connectivity index (χ0v) is 10.8. The normalized spacial score (nSPS) is 15.8. The molecule has 0 saturated heterocycles. The number of fused-ring (bicyclic) bond motifs is 1. The quantitative estimate of drug-likeness (QED) is 0.614. The number of Topliss-reactive ketones (excluding diaryl/α,β-unsaturated/α-hetero) is 2. The van der Waals surface area contributed by atoms with Gasteiger partial charge in [0.2, 0.25) is 0 Å². The summed E-state index contributed by atoms with van der Waals surface area (Å²) >= 11 is 0. The molecule has 0 bridgehead atoms. The number of terminal acetylenes is 1. The van der Waals surface area contributed by atoms with Gasteiger partial charge in [0, 0.05) is 17.5 Å². The number of benzene rings is 2. The molecule has 0 aliphatic heterocycles. The van der Waals surface area contributed by atoms with Gasteiger partial charge in [-0.1, -0.05) is 54.6 Å². The number of rotatable bonds is 2. The van der Waals surface area contributed by atoms with Gasteiger partial charge in [0.05, 0.1) is 0 Å². The fraction of sp³-hybridized carbons (Fsp3) is 0.111. The van der Waals surface area contributed by atoms with E-state index >= 15 is 0 Å². The van der Waals surface area contributed by atoms with Crippen molar-refractivity contribution >= 4 is 11.6 Å². The average Bonchev–Trinajstić information content (AvgIpc) is 2.72. The number of ketones is 2. The van der Waals surface area contributed by atoms with E-state index < -0.39 is 5.41 Å². The summed E-state index contributed by atoms with van der Waals surface area (Å²) in [6.07, 6.45) is 5.52. The molecule has 0 aromatic heterocycles. The summed E-state index contributed by atoms with van der Waals surface area (Å²) < 4.78 is 0. The first-order valence-corrected chi connectivity index (χ1v) is 6.39. The third-order valence-corrected chi connectivity index (χ3v) is 3.83. The second-order valence-electron chi connectivity index (χ2n) is 4.86. The van der Waals surface area contributed by atoms with Gasteiger partial charge in [0.15, 0.2) is 11.6 Å². The second-order valence-corrected chi connectivity index (χ2v) is 4.86. The van der Waals surface area contributed by atoms with E-state index in [1.807, 2.05) is 18.2 Å². The Morgan fingerprint density at radius 1 is 0.850 bits per heavy atom. The van der Waals surface area contributed by atoms with E-state index in [1.165, 1.54) is 0 Å². The van der Waals surface area contributed by atoms with Crippen LogP contribution in [0.2, 0.25) is 0 Å². The molecule has 0 atom stereocenters. The monoisotopic (exact) mass is 260 g/mol. The highest BCUT2D eigenvalue weighted by Crippen LogP contribution is 2.41. The van der Waals surface area contributed by atoms with Crippen LogP contribution in [-0.4, -0.2) is 11.6 Å². The largest absolute Gasteiger partial charge is 0.293 e. The highest BCUT2D eigenvalue weighted by molar-refractivity contribution is 6.33. The molecule has 20 heavy (non-hydrogen) atoms. The summed E-state index contributed by atoms with van der Waals surface area (Å²) in [6.45, 7) is 0. The maximum atomic E-state index is 12.8. The van der Waals surface area contributed by atoms with Crippen molar-refractivity contribution in [2.45, 2.75) is 11.8 Å². The lowest BCUT2D eigenvalue weighted by Crippen LogP contribution is -2.38. The van der Waals surface area contributed by atoms with Crippen LogP contribution in [-0.2, 0) is 5.41 Å². The lowest BCUT2D eigenvalue weighted by molar-refractivity contribution is 0.0798. The van der Waals surface area contributed by atoms with Crippen LogP contribution in [0.3, 0.4) is 0 Å². The van der Waals surface area contributed by atoms with Gasteiger partial charge in [-0.3, -0.25) is 9.59 Å². The average molecular weight is 260 g/mol. The predicted molar refractivity (Wildman–Crippen MR) is 76.7 cm³/mol. The van der Waals surface area contributed by atoms with Crippen molar-refractivity contribution in [1.82, 2.24) is 0 Å². The lowest BCUT2D eigenvalue weighted by Gasteiger charge is -2.24. The van der Waals surface area contributed by atoms with Crippen molar-refractivity contribution in [1.29, 1.82) is 0 Å². The van der Waals surface area contributed by atoms with E-state index in [1.54, 1.807) is 36.4 Å². The molecule has 3 rings (SSSR count). The second kappa shape index (κ2) is 4.47. The molecule has 96 valence electrons. The smallest absolute Gasteiger partial charge is 0.182 e. The van der Waals surface area contributed by atoms with Gasteiger partial charge >= 0.3 is 0 Å². The minimum atomic E-state index is -1.25. The van der Waals surface area contributed by atoms with Crippen molar-refractivity contribution in [3.8, 4) is 12.3 Å². The molecule has 0 radical (unpaired) electrons. The Bertz CT molecular complexity index is 701. The highest BCUT2D eigenvalue weighted by Gasteiger charge is 2.53. The van der Waals surface area contributed by atoms with Gasteiger partial charge in [-0.05, 0) is 5.56 Å². The molecular weight excluding hydrogens is 248 g/mol. The topological polar surface area (TPSA) is 34.1 Å². The van der Waals surface area contributed by atoms with E-state index in [2.05, 4.69) is 5.92 Å². The van der Waals surface area contributed by atoms with Crippen LogP contribution in [0.5, 0.6) is 0 Å². The Morgan fingerprint density at radius 3 is 1.85 bits per heavy atom. The number of hydrogen-bond donors (Lipinski definition) is 0. The summed E-state index contributed by atoms with van der Waals surface area (Å²) in [6, 6.07) is 16.0. The fourth-order valence-electron chi connectivity index (χ4n) is 2.84. The zero-order valence-electron chi connectivity index (χ0n) is 10.8. The SMILES string of the molecule is C#CCC1(c2ccccc2)C(=O)c2ccccc2C1=O. The molecule has 0 saturated carbocycles. The van der Waals surface area contributed by atoms with Crippen LogP contribution in [0.4, 0.5) is 0 Å². The molecule has 2 heteroatoms. The van der Waals surface area contributed by atoms with Crippen LogP contribution < -0.4 is 0 Å². The molecule has 0 spiro atoms. The first-order chi connectivity index (χ1) is 9.71. The molecular formula is C18H12O2. The first kappa shape index (κ1) is 12.4. The number of carbonyl (C=O) groups excluding carboxylic acids is 2. The minimum Gasteiger partial charge on any atom is -0.293 e. The fourth-order valence-corrected chi connectivity index (χ4v) is 2.84. The van der Waals surface area contributed by atoms with Crippen molar-refractivity contribution in [2.24, 2.45) is 0 Å². The van der Waals surface area contributed by atoms with Gasteiger partial charge in [-0.15, -0.1) is 12.3 Å². The molecule has 1 aliphatic carbocycles. The molecule has 0 heterocycles. The molecule has 2 aromatic rings. The van der Waals surface area contributed by atoms with E-state index in [0.717, 1.165) is 0 Å². The molecule has 0 N–H and O–H groups in total. The number of carbonyl (C=O) groups is 2. The summed E-state index contributed by atoms with van der Waals surface area (Å²) in [5, 5.41) is 0. The highest BCUT2D eigenvalue weighted by atomic mass is 16.2. The first-order valence-electron chi connectivity index (χ1n) is 6.39. The Labute approximate surface area is 117 Å². The van der Waals surface area contributed by atoms with Crippen molar-refractivity contribution < 1.29 is 9.59 Å². The predicted octanol–water partition coefficient (Wildman–Crippen LogP) is 3.03. The Kier molecular flexibility index (Phi) is 2.76. The van der Waals surface area contributed by atoms with Crippen LogP contribution >= 0.6 is 0 Å². The van der Waals surface area contributed by atoms with E-state index in [0.29, 0.717) is 16.7 Å². The van der Waals surface area contributed by atoms with Gasteiger partial charge in [0.25, 0.3) is 0 Å². The molecule has 2 aromatic carbocycles. The molecule has 2 nitrogen and oxygen atoms in total. The maximum absolute atomic E-state index is 12.8. The van der Waals surface area contributed by atoms with E-state index in [9.17, 15) is 9.59 Å². The van der Waals surface area contributed by atoms with Crippen LogP contribution in [0, 0.1) is 12.3 Å². The number of hydrogen-bond acceptors (Lipinski definition) is 2. The van der Waals surface area contributed by atoms with Crippen molar-refractivity contribution in [3.05, 3.63) is 71.3 Å². The van der Waals surface area contributed by atoms with E-state index in [-0.39, 0.29) is 18.0 Å². The van der Waals surface area contributed by atoms with Crippen molar-refractivity contribution in [2.75, 3.05) is 0 Å². The van der Waals surface area contributed by atoms with Crippen molar-refractivity contribution in [3.63, 3.8) is 0 Å². The third-order valence-electron chi connectivity index (χ3n) is 3.83. The van der Waals surface area contributed by atoms with Gasteiger partial charge in [0.1, 0.15) is 5.41 Å². The summed E-state index contributed by atoms with van der Waals surface area (Å²) in [7, 11) is 0. The van der Waals surface area contributed by atoms with E-state index in [4.69, 9.17) is 6.42 Å². The standard InChI is InChI=1S/C18H12O2/c1-2-12-18(13-8-4-3-5-9-13)16(19)14-10-6-7-11-15(14)17(18)20/h1,3-11H,12H2. The summed E-state index contributed by atoms with van der Waals surface area (Å²) in [5.41, 5.74) is 0.358. The van der Waals surface area contributed by atoms with Crippen LogP contribution in [0.15, 0.2) is 54.6 Å². The summed E-state index contributed by atoms with van der Waals surface area (Å²) in [4.78, 5) is 25.6. The molecule has 1 aliphatic rings. The molecule has 0 fully saturated rings. The van der Waals surface area contributed by atoms with Gasteiger partial charge in [-0.2, -0.15) is 0 Å². The Hall–Kier alpha value is -2.66. The lowest BCUT2D eigenvalue weighted by atomic mass is 9.73. The third kappa shape index (κ3) is 1.47.